The van der Waals surface area contributed by atoms with Crippen molar-refractivity contribution in [2.24, 2.45) is 0 Å². The zero-order valence-corrected chi connectivity index (χ0v) is 12.7. The van der Waals surface area contributed by atoms with Crippen molar-refractivity contribution in [2.45, 2.75) is 17.9 Å². The molecule has 0 heterocycles. The lowest BCUT2D eigenvalue weighted by atomic mass is 10.0. The van der Waals surface area contributed by atoms with E-state index < -0.39 is 6.61 Å². The second-order valence-corrected chi connectivity index (χ2v) is 5.76. The minimum absolute atomic E-state index is 0.129. The highest BCUT2D eigenvalue weighted by atomic mass is 79.9. The van der Waals surface area contributed by atoms with Crippen molar-refractivity contribution < 1.29 is 13.5 Å². The summed E-state index contributed by atoms with van der Waals surface area (Å²) in [6.07, 6.45) is 0.629. The summed E-state index contributed by atoms with van der Waals surface area (Å²) in [4.78, 5) is -0.129. The summed E-state index contributed by atoms with van der Waals surface area (Å²) < 4.78 is 29.3. The maximum absolute atomic E-state index is 12.4. The number of hydrogen-bond donors (Lipinski definition) is 0. The van der Waals surface area contributed by atoms with Crippen molar-refractivity contribution in [3.8, 4) is 5.75 Å². The summed E-state index contributed by atoms with van der Waals surface area (Å²) in [6.45, 7) is -2.83. The van der Waals surface area contributed by atoms with Crippen molar-refractivity contribution in [2.75, 3.05) is 0 Å². The Kier molecular flexibility index (Phi) is 5.38. The minimum atomic E-state index is -2.83. The molecular formula is C15H12BrClF2O. The molecule has 2 aromatic carbocycles. The topological polar surface area (TPSA) is 9.23 Å². The monoisotopic (exact) mass is 360 g/mol. The number of ether oxygens (including phenoxy) is 1. The molecule has 0 aliphatic heterocycles. The van der Waals surface area contributed by atoms with Crippen LogP contribution < -0.4 is 4.74 Å². The average molecular weight is 362 g/mol. The van der Waals surface area contributed by atoms with Gasteiger partial charge in [0, 0.05) is 15.4 Å². The normalized spacial score (nSPS) is 12.4. The van der Waals surface area contributed by atoms with E-state index in [-0.39, 0.29) is 10.6 Å². The predicted molar refractivity (Wildman–Crippen MR) is 79.9 cm³/mol. The van der Waals surface area contributed by atoms with E-state index in [4.69, 9.17) is 11.6 Å². The molecule has 1 nitrogen and oxygen atoms in total. The second kappa shape index (κ2) is 7.04. The highest BCUT2D eigenvalue weighted by Gasteiger charge is 2.16. The van der Waals surface area contributed by atoms with Crippen LogP contribution in [0.3, 0.4) is 0 Å². The maximum atomic E-state index is 12.4. The van der Waals surface area contributed by atoms with Crippen LogP contribution in [0.1, 0.15) is 16.0 Å². The molecule has 1 atom stereocenters. The van der Waals surface area contributed by atoms with Crippen molar-refractivity contribution in [3.05, 3.63) is 64.7 Å². The third-order valence-corrected chi connectivity index (χ3v) is 3.83. The molecule has 0 aliphatic rings. The van der Waals surface area contributed by atoms with Crippen molar-refractivity contribution >= 4 is 27.5 Å². The molecule has 2 rings (SSSR count). The van der Waals surface area contributed by atoms with Gasteiger partial charge < -0.3 is 4.74 Å². The SMILES string of the molecule is FC(F)Oc1ccccc1C(Br)Cc1cccc(Cl)c1. The van der Waals surface area contributed by atoms with E-state index >= 15 is 0 Å². The molecule has 5 heteroatoms. The minimum Gasteiger partial charge on any atom is -0.435 e. The molecule has 0 aliphatic carbocycles. The zero-order valence-electron chi connectivity index (χ0n) is 10.4. The van der Waals surface area contributed by atoms with E-state index in [1.807, 2.05) is 18.2 Å². The number of hydrogen-bond acceptors (Lipinski definition) is 1. The van der Waals surface area contributed by atoms with Gasteiger partial charge in [0.05, 0.1) is 0 Å². The fourth-order valence-corrected chi connectivity index (χ4v) is 2.89. The van der Waals surface area contributed by atoms with Gasteiger partial charge in [-0.1, -0.05) is 57.9 Å². The molecule has 0 fully saturated rings. The molecule has 1 unspecified atom stereocenters. The van der Waals surface area contributed by atoms with Gasteiger partial charge in [0.25, 0.3) is 0 Å². The molecule has 0 radical (unpaired) electrons. The van der Waals surface area contributed by atoms with Gasteiger partial charge in [-0.3, -0.25) is 0 Å². The molecule has 2 aromatic rings. The van der Waals surface area contributed by atoms with E-state index in [1.54, 1.807) is 24.3 Å². The number of rotatable bonds is 5. The largest absolute Gasteiger partial charge is 0.435 e. The Morgan fingerprint density at radius 3 is 2.55 bits per heavy atom. The summed E-state index contributed by atoms with van der Waals surface area (Å²) in [6, 6.07) is 14.2. The Hall–Kier alpha value is -1.13. The summed E-state index contributed by atoms with van der Waals surface area (Å²) in [5, 5.41) is 0.652. The Labute approximate surface area is 129 Å². The van der Waals surface area contributed by atoms with E-state index in [0.717, 1.165) is 5.56 Å². The molecule has 0 bridgehead atoms. The summed E-state index contributed by atoms with van der Waals surface area (Å²) in [5.41, 5.74) is 1.71. The Bertz CT molecular complexity index is 577. The smallest absolute Gasteiger partial charge is 0.387 e. The van der Waals surface area contributed by atoms with Crippen LogP contribution in [-0.2, 0) is 6.42 Å². The lowest BCUT2D eigenvalue weighted by molar-refractivity contribution is -0.0504. The number of halogens is 4. The quantitative estimate of drug-likeness (QED) is 0.628. The van der Waals surface area contributed by atoms with Crippen LogP contribution in [0.5, 0.6) is 5.75 Å². The van der Waals surface area contributed by atoms with Crippen molar-refractivity contribution in [1.29, 1.82) is 0 Å². The van der Waals surface area contributed by atoms with Crippen LogP contribution in [0.4, 0.5) is 8.78 Å². The number of alkyl halides is 3. The van der Waals surface area contributed by atoms with Gasteiger partial charge in [0.1, 0.15) is 5.75 Å². The van der Waals surface area contributed by atoms with Gasteiger partial charge >= 0.3 is 6.61 Å². The average Bonchev–Trinajstić information content (AvgIpc) is 2.38. The van der Waals surface area contributed by atoms with Crippen molar-refractivity contribution in [1.82, 2.24) is 0 Å². The third kappa shape index (κ3) is 4.18. The molecule has 0 aromatic heterocycles. The first-order chi connectivity index (χ1) is 9.56. The first-order valence-corrected chi connectivity index (χ1v) is 7.28. The summed E-state index contributed by atoms with van der Waals surface area (Å²) in [7, 11) is 0. The fraction of sp³-hybridized carbons (Fsp3) is 0.200. The van der Waals surface area contributed by atoms with Crippen LogP contribution in [0.15, 0.2) is 48.5 Å². The van der Waals surface area contributed by atoms with Gasteiger partial charge in [-0.05, 0) is 30.2 Å². The zero-order chi connectivity index (χ0) is 14.5. The van der Waals surface area contributed by atoms with Gasteiger partial charge in [0.2, 0.25) is 0 Å². The first kappa shape index (κ1) is 15.3. The van der Waals surface area contributed by atoms with Crippen molar-refractivity contribution in [3.63, 3.8) is 0 Å². The fourth-order valence-electron chi connectivity index (χ4n) is 1.92. The van der Waals surface area contributed by atoms with E-state index in [1.165, 1.54) is 6.07 Å². The standard InChI is InChI=1S/C15H12BrClF2O/c16-13(9-10-4-3-5-11(17)8-10)12-6-1-2-7-14(12)20-15(18)19/h1-8,13,15H,9H2. The molecular weight excluding hydrogens is 350 g/mol. The third-order valence-electron chi connectivity index (χ3n) is 2.78. The molecule has 0 amide bonds. The van der Waals surface area contributed by atoms with E-state index in [0.29, 0.717) is 17.0 Å². The van der Waals surface area contributed by atoms with Crippen LogP contribution in [0.25, 0.3) is 0 Å². The molecule has 106 valence electrons. The molecule has 0 N–H and O–H groups in total. The lowest BCUT2D eigenvalue weighted by Crippen LogP contribution is -2.06. The van der Waals surface area contributed by atoms with Gasteiger partial charge in [-0.25, -0.2) is 0 Å². The van der Waals surface area contributed by atoms with E-state index in [9.17, 15) is 8.78 Å². The predicted octanol–water partition coefficient (Wildman–Crippen LogP) is 5.62. The first-order valence-electron chi connectivity index (χ1n) is 5.98. The van der Waals surface area contributed by atoms with E-state index in [2.05, 4.69) is 20.7 Å². The van der Waals surface area contributed by atoms with Crippen LogP contribution in [-0.4, -0.2) is 6.61 Å². The Morgan fingerprint density at radius 1 is 1.10 bits per heavy atom. The summed E-state index contributed by atoms with van der Waals surface area (Å²) in [5.74, 6) is 0.186. The van der Waals surface area contributed by atoms with Crippen LogP contribution in [0.2, 0.25) is 5.02 Å². The number of para-hydroxylation sites is 1. The molecule has 0 spiro atoms. The Balaban J connectivity index is 2.18. The van der Waals surface area contributed by atoms with Gasteiger partial charge in [0.15, 0.2) is 0 Å². The van der Waals surface area contributed by atoms with Crippen LogP contribution in [0, 0.1) is 0 Å². The highest BCUT2D eigenvalue weighted by molar-refractivity contribution is 9.09. The second-order valence-electron chi connectivity index (χ2n) is 4.22. The van der Waals surface area contributed by atoms with Gasteiger partial charge in [-0.15, -0.1) is 0 Å². The molecule has 20 heavy (non-hydrogen) atoms. The molecule has 0 saturated carbocycles. The summed E-state index contributed by atoms with van der Waals surface area (Å²) >= 11 is 9.46. The lowest BCUT2D eigenvalue weighted by Gasteiger charge is -2.15. The maximum Gasteiger partial charge on any atom is 0.387 e. The molecule has 0 saturated heterocycles. The highest BCUT2D eigenvalue weighted by Crippen LogP contribution is 2.34. The number of benzene rings is 2. The van der Waals surface area contributed by atoms with Gasteiger partial charge in [-0.2, -0.15) is 8.78 Å². The van der Waals surface area contributed by atoms with Crippen LogP contribution >= 0.6 is 27.5 Å². The Morgan fingerprint density at radius 2 is 1.85 bits per heavy atom.